The van der Waals surface area contributed by atoms with Gasteiger partial charge in [-0.05, 0) is 68.1 Å². The molecule has 1 saturated heterocycles. The predicted molar refractivity (Wildman–Crippen MR) is 151 cm³/mol. The number of carbonyl (C=O) groups is 1. The van der Waals surface area contributed by atoms with E-state index in [-0.39, 0.29) is 11.7 Å². The van der Waals surface area contributed by atoms with Crippen molar-refractivity contribution in [2.75, 3.05) is 6.54 Å². The summed E-state index contributed by atoms with van der Waals surface area (Å²) >= 11 is 14.2. The summed E-state index contributed by atoms with van der Waals surface area (Å²) in [4.78, 5) is 29.9. The van der Waals surface area contributed by atoms with Crippen LogP contribution >= 0.6 is 34.5 Å². The number of rotatable bonds is 4. The Morgan fingerprint density at radius 2 is 1.82 bits per heavy atom. The lowest BCUT2D eigenvalue weighted by atomic mass is 9.97. The van der Waals surface area contributed by atoms with E-state index >= 15 is 0 Å². The van der Waals surface area contributed by atoms with Gasteiger partial charge < -0.3 is 9.88 Å². The van der Waals surface area contributed by atoms with E-state index in [9.17, 15) is 9.18 Å². The van der Waals surface area contributed by atoms with Crippen LogP contribution in [0.15, 0.2) is 60.7 Å². The van der Waals surface area contributed by atoms with E-state index in [4.69, 9.17) is 33.2 Å². The number of hydrogen-bond acceptors (Lipinski definition) is 4. The first-order valence-electron chi connectivity index (χ1n) is 12.3. The summed E-state index contributed by atoms with van der Waals surface area (Å²) in [5, 5.41) is 1.83. The molecule has 1 amide bonds. The number of aromatic nitrogens is 3. The lowest BCUT2D eigenvalue weighted by Crippen LogP contribution is -2.44. The molecule has 0 radical (unpaired) electrons. The Kier molecular flexibility index (Phi) is 6.25. The van der Waals surface area contributed by atoms with Crippen molar-refractivity contribution in [3.05, 3.63) is 93.6 Å². The number of thiazole rings is 1. The second-order valence-corrected chi connectivity index (χ2v) is 11.5. The zero-order valence-electron chi connectivity index (χ0n) is 20.7. The summed E-state index contributed by atoms with van der Waals surface area (Å²) in [6.45, 7) is 4.54. The average molecular weight is 566 g/mol. The highest BCUT2D eigenvalue weighted by Gasteiger charge is 2.45. The molecule has 38 heavy (non-hydrogen) atoms. The van der Waals surface area contributed by atoms with E-state index in [1.807, 2.05) is 49.1 Å². The molecule has 1 aliphatic rings. The van der Waals surface area contributed by atoms with Gasteiger partial charge in [0.15, 0.2) is 0 Å². The standard InChI is InChI=1S/C29H23Cl2FN4OS/c1-16-20(30)12-13-22-23(16)35-28(33-22)29(2)14-5-15-36(29)27(37)24-25(17-8-10-18(32)11-9-17)38-26(34-24)19-6-3-4-7-21(19)31/h3-4,6-13H,5,14-15H2,1-2H3,(H,33,35). The Labute approximate surface area is 233 Å². The SMILES string of the molecule is Cc1c(Cl)ccc2[nH]c(C3(C)CCCN3C(=O)c3nc(-c4ccccc4Cl)sc3-c3ccc(F)cc3)nc12. The summed E-state index contributed by atoms with van der Waals surface area (Å²) in [6.07, 6.45) is 1.57. The van der Waals surface area contributed by atoms with Crippen LogP contribution in [0.5, 0.6) is 0 Å². The number of nitrogens with one attached hydrogen (secondary N) is 1. The molecule has 1 atom stereocenters. The van der Waals surface area contributed by atoms with E-state index in [1.54, 1.807) is 18.2 Å². The molecule has 1 aliphatic heterocycles. The first-order valence-corrected chi connectivity index (χ1v) is 13.8. The Balaban J connectivity index is 1.46. The zero-order valence-corrected chi connectivity index (χ0v) is 23.0. The smallest absolute Gasteiger partial charge is 0.274 e. The molecule has 1 N–H and O–H groups in total. The molecule has 1 fully saturated rings. The maximum Gasteiger partial charge on any atom is 0.274 e. The van der Waals surface area contributed by atoms with E-state index in [1.165, 1.54) is 23.5 Å². The van der Waals surface area contributed by atoms with Crippen LogP contribution in [-0.4, -0.2) is 32.3 Å². The summed E-state index contributed by atoms with van der Waals surface area (Å²) in [5.41, 5.74) is 3.70. The van der Waals surface area contributed by atoms with Crippen LogP contribution in [0.4, 0.5) is 4.39 Å². The summed E-state index contributed by atoms with van der Waals surface area (Å²) in [7, 11) is 0. The summed E-state index contributed by atoms with van der Waals surface area (Å²) < 4.78 is 13.7. The van der Waals surface area contributed by atoms with Crippen molar-refractivity contribution < 1.29 is 9.18 Å². The highest BCUT2D eigenvalue weighted by Crippen LogP contribution is 2.43. The van der Waals surface area contributed by atoms with E-state index in [2.05, 4.69) is 4.98 Å². The Morgan fingerprint density at radius 1 is 1.05 bits per heavy atom. The van der Waals surface area contributed by atoms with Crippen molar-refractivity contribution >= 4 is 51.5 Å². The molecule has 5 nitrogen and oxygen atoms in total. The second kappa shape index (κ2) is 9.49. The van der Waals surface area contributed by atoms with Crippen molar-refractivity contribution in [3.63, 3.8) is 0 Å². The van der Waals surface area contributed by atoms with Crippen molar-refractivity contribution in [3.8, 4) is 21.0 Å². The molecule has 0 bridgehead atoms. The molecule has 3 aromatic carbocycles. The Morgan fingerprint density at radius 3 is 2.58 bits per heavy atom. The van der Waals surface area contributed by atoms with Crippen LogP contribution < -0.4 is 0 Å². The molecular weight excluding hydrogens is 542 g/mol. The predicted octanol–water partition coefficient (Wildman–Crippen LogP) is 8.26. The van der Waals surface area contributed by atoms with Gasteiger partial charge in [-0.1, -0.05) is 53.5 Å². The van der Waals surface area contributed by atoms with Crippen molar-refractivity contribution in [2.45, 2.75) is 32.2 Å². The number of aromatic amines is 1. The first-order chi connectivity index (χ1) is 18.3. The number of hydrogen-bond donors (Lipinski definition) is 1. The van der Waals surface area contributed by atoms with Crippen LogP contribution in [0.2, 0.25) is 10.0 Å². The monoisotopic (exact) mass is 564 g/mol. The molecule has 5 aromatic rings. The van der Waals surface area contributed by atoms with Crippen LogP contribution in [0, 0.1) is 12.7 Å². The van der Waals surface area contributed by atoms with Gasteiger partial charge in [0.2, 0.25) is 0 Å². The van der Waals surface area contributed by atoms with Crippen LogP contribution in [-0.2, 0) is 5.54 Å². The molecule has 192 valence electrons. The Bertz CT molecular complexity index is 1700. The number of amides is 1. The number of aryl methyl sites for hydroxylation is 1. The fraction of sp³-hybridized carbons (Fsp3) is 0.207. The minimum Gasteiger partial charge on any atom is -0.340 e. The van der Waals surface area contributed by atoms with Gasteiger partial charge in [0.05, 0.1) is 26.5 Å². The fourth-order valence-corrected chi connectivity index (χ4v) is 6.65. The van der Waals surface area contributed by atoms with Crippen molar-refractivity contribution in [2.24, 2.45) is 0 Å². The van der Waals surface area contributed by atoms with Gasteiger partial charge in [-0.3, -0.25) is 4.79 Å². The topological polar surface area (TPSA) is 61.9 Å². The van der Waals surface area contributed by atoms with E-state index in [0.717, 1.165) is 40.6 Å². The molecule has 6 rings (SSSR count). The van der Waals surface area contributed by atoms with Gasteiger partial charge >= 0.3 is 0 Å². The number of H-pyrrole nitrogens is 1. The van der Waals surface area contributed by atoms with Gasteiger partial charge in [0.25, 0.3) is 5.91 Å². The number of nitrogens with zero attached hydrogens (tertiary/aromatic N) is 3. The molecule has 0 spiro atoms. The van der Waals surface area contributed by atoms with E-state index in [0.29, 0.717) is 38.0 Å². The van der Waals surface area contributed by atoms with Crippen molar-refractivity contribution in [1.82, 2.24) is 19.9 Å². The molecule has 9 heteroatoms. The molecule has 2 aromatic heterocycles. The van der Waals surface area contributed by atoms with Crippen LogP contribution in [0.25, 0.3) is 32.0 Å². The Hall–Kier alpha value is -3.26. The van der Waals surface area contributed by atoms with Crippen molar-refractivity contribution in [1.29, 1.82) is 0 Å². The molecule has 1 unspecified atom stereocenters. The fourth-order valence-electron chi connectivity index (χ4n) is 5.12. The number of imidazole rings is 1. The second-order valence-electron chi connectivity index (χ2n) is 9.67. The van der Waals surface area contributed by atoms with Crippen LogP contribution in [0.3, 0.4) is 0 Å². The zero-order chi connectivity index (χ0) is 26.6. The maximum absolute atomic E-state index is 14.3. The largest absolute Gasteiger partial charge is 0.340 e. The molecule has 0 aliphatic carbocycles. The number of likely N-dealkylation sites (tertiary alicyclic amines) is 1. The summed E-state index contributed by atoms with van der Waals surface area (Å²) in [5.74, 6) is 0.174. The lowest BCUT2D eigenvalue weighted by molar-refractivity contribution is 0.0601. The summed E-state index contributed by atoms with van der Waals surface area (Å²) in [6, 6.07) is 17.3. The number of benzene rings is 3. The highest BCUT2D eigenvalue weighted by molar-refractivity contribution is 7.18. The number of carbonyl (C=O) groups excluding carboxylic acids is 1. The minimum atomic E-state index is -0.663. The lowest BCUT2D eigenvalue weighted by Gasteiger charge is -2.33. The minimum absolute atomic E-state index is 0.200. The molecule has 0 saturated carbocycles. The quantitative estimate of drug-likeness (QED) is 0.239. The third-order valence-corrected chi connectivity index (χ3v) is 9.16. The normalized spacial score (nSPS) is 17.4. The third-order valence-electron chi connectivity index (χ3n) is 7.28. The third kappa shape index (κ3) is 4.10. The van der Waals surface area contributed by atoms with Gasteiger partial charge in [-0.15, -0.1) is 11.3 Å². The van der Waals surface area contributed by atoms with Gasteiger partial charge in [0, 0.05) is 17.1 Å². The molecule has 3 heterocycles. The number of halogens is 3. The van der Waals surface area contributed by atoms with E-state index < -0.39 is 5.54 Å². The number of fused-ring (bicyclic) bond motifs is 1. The maximum atomic E-state index is 14.3. The van der Waals surface area contributed by atoms with Gasteiger partial charge in [0.1, 0.15) is 22.3 Å². The first kappa shape index (κ1) is 25.0. The van der Waals surface area contributed by atoms with Gasteiger partial charge in [-0.25, -0.2) is 14.4 Å². The highest BCUT2D eigenvalue weighted by atomic mass is 35.5. The van der Waals surface area contributed by atoms with Crippen LogP contribution in [0.1, 0.15) is 41.6 Å². The van der Waals surface area contributed by atoms with Gasteiger partial charge in [-0.2, -0.15) is 0 Å². The average Bonchev–Trinajstić information content (AvgIpc) is 3.64. The molecular formula is C29H23Cl2FN4OS.